The van der Waals surface area contributed by atoms with E-state index < -0.39 is 33.1 Å². The Hall–Kier alpha value is -4.93. The molecule has 11 heteroatoms. The number of nitro benzene ring substituents is 2. The summed E-state index contributed by atoms with van der Waals surface area (Å²) < 4.78 is 5.26. The molecule has 0 heterocycles. The van der Waals surface area contributed by atoms with E-state index in [9.17, 15) is 29.8 Å². The molecule has 32 heavy (non-hydrogen) atoms. The van der Waals surface area contributed by atoms with E-state index in [1.165, 1.54) is 12.3 Å². The van der Waals surface area contributed by atoms with Gasteiger partial charge in [-0.15, -0.1) is 0 Å². The first-order chi connectivity index (χ1) is 15.3. The van der Waals surface area contributed by atoms with E-state index in [1.807, 2.05) is 0 Å². The highest BCUT2D eigenvalue weighted by Gasteiger charge is 2.21. The fourth-order valence-corrected chi connectivity index (χ4v) is 2.58. The summed E-state index contributed by atoms with van der Waals surface area (Å²) >= 11 is 0. The number of amides is 1. The van der Waals surface area contributed by atoms with Crippen LogP contribution in [0.25, 0.3) is 0 Å². The second-order valence-electron chi connectivity index (χ2n) is 6.24. The molecule has 0 saturated heterocycles. The number of nitro groups is 2. The van der Waals surface area contributed by atoms with Gasteiger partial charge in [-0.1, -0.05) is 30.3 Å². The van der Waals surface area contributed by atoms with Crippen LogP contribution in [0.15, 0.2) is 77.9 Å². The highest BCUT2D eigenvalue weighted by molar-refractivity contribution is 5.96. The van der Waals surface area contributed by atoms with E-state index in [-0.39, 0.29) is 11.3 Å². The normalized spacial score (nSPS) is 10.5. The minimum atomic E-state index is -1.04. The molecule has 3 aromatic carbocycles. The molecule has 11 nitrogen and oxygen atoms in total. The minimum Gasteiger partial charge on any atom is -0.422 e. The molecule has 0 saturated carbocycles. The van der Waals surface area contributed by atoms with Crippen LogP contribution in [-0.2, 0) is 0 Å². The van der Waals surface area contributed by atoms with Crippen molar-refractivity contribution in [1.82, 2.24) is 5.43 Å². The lowest BCUT2D eigenvalue weighted by atomic mass is 10.1. The van der Waals surface area contributed by atoms with E-state index in [2.05, 4.69) is 10.5 Å². The van der Waals surface area contributed by atoms with Gasteiger partial charge in [0.25, 0.3) is 17.3 Å². The molecule has 0 aliphatic carbocycles. The van der Waals surface area contributed by atoms with Crippen LogP contribution in [0.2, 0.25) is 0 Å². The molecule has 0 bridgehead atoms. The number of hydrogen-bond donors (Lipinski definition) is 1. The number of nitrogens with zero attached hydrogens (tertiary/aromatic N) is 3. The number of para-hydroxylation sites is 1. The maximum absolute atomic E-state index is 12.5. The molecule has 1 N–H and O–H groups in total. The number of nitrogens with one attached hydrogen (secondary N) is 1. The Morgan fingerprint density at radius 3 is 2.06 bits per heavy atom. The lowest BCUT2D eigenvalue weighted by Crippen LogP contribution is -2.17. The molecule has 0 spiro atoms. The van der Waals surface area contributed by atoms with Gasteiger partial charge in [-0.3, -0.25) is 25.0 Å². The number of benzene rings is 3. The van der Waals surface area contributed by atoms with Gasteiger partial charge in [0.1, 0.15) is 5.75 Å². The molecule has 0 aliphatic rings. The van der Waals surface area contributed by atoms with Crippen molar-refractivity contribution >= 4 is 29.5 Å². The lowest BCUT2D eigenvalue weighted by Gasteiger charge is -2.07. The van der Waals surface area contributed by atoms with Crippen molar-refractivity contribution in [3.05, 3.63) is 110 Å². The van der Waals surface area contributed by atoms with Crippen molar-refractivity contribution in [3.8, 4) is 5.75 Å². The van der Waals surface area contributed by atoms with Crippen molar-refractivity contribution in [2.45, 2.75) is 0 Å². The van der Waals surface area contributed by atoms with Crippen molar-refractivity contribution in [3.63, 3.8) is 0 Å². The Bertz CT molecular complexity index is 1190. The maximum atomic E-state index is 12.5. The van der Waals surface area contributed by atoms with Gasteiger partial charge < -0.3 is 4.74 Å². The highest BCUT2D eigenvalue weighted by atomic mass is 16.6. The molecular weight excluding hydrogens is 420 g/mol. The second-order valence-corrected chi connectivity index (χ2v) is 6.24. The van der Waals surface area contributed by atoms with Gasteiger partial charge in [-0.05, 0) is 24.3 Å². The number of carbonyl (C=O) groups excluding carboxylic acids is 2. The van der Waals surface area contributed by atoms with Gasteiger partial charge in [0.05, 0.1) is 27.7 Å². The van der Waals surface area contributed by atoms with Gasteiger partial charge in [-0.25, -0.2) is 10.2 Å². The third kappa shape index (κ3) is 5.36. The summed E-state index contributed by atoms with van der Waals surface area (Å²) in [4.78, 5) is 44.9. The molecular formula is C21H14N4O7. The Morgan fingerprint density at radius 2 is 1.44 bits per heavy atom. The first-order valence-corrected chi connectivity index (χ1v) is 8.98. The number of esters is 1. The predicted octanol–water partition coefficient (Wildman–Crippen LogP) is 3.49. The summed E-state index contributed by atoms with van der Waals surface area (Å²) in [6.45, 7) is 0. The quantitative estimate of drug-likeness (QED) is 0.196. The number of rotatable bonds is 7. The summed E-state index contributed by atoms with van der Waals surface area (Å²) in [6.07, 6.45) is 1.25. The standard InChI is InChI=1S/C21H14N4O7/c26-20(14-6-2-1-3-7-14)23-22-13-15-8-4-5-9-19(15)32-21(27)16-10-17(24(28)29)12-18(11-16)25(30)31/h1-13H,(H,23,26)/b22-13+. The number of non-ortho nitro benzene ring substituents is 2. The summed E-state index contributed by atoms with van der Waals surface area (Å²) in [7, 11) is 0. The van der Waals surface area contributed by atoms with Crippen molar-refractivity contribution in [2.24, 2.45) is 5.10 Å². The molecule has 1 amide bonds. The number of hydrogen-bond acceptors (Lipinski definition) is 8. The zero-order valence-electron chi connectivity index (χ0n) is 16.2. The molecule has 0 unspecified atom stereocenters. The van der Waals surface area contributed by atoms with Gasteiger partial charge in [0.2, 0.25) is 0 Å². The van der Waals surface area contributed by atoms with E-state index in [0.29, 0.717) is 11.1 Å². The molecule has 0 atom stereocenters. The molecule has 0 radical (unpaired) electrons. The largest absolute Gasteiger partial charge is 0.422 e. The third-order valence-electron chi connectivity index (χ3n) is 4.09. The van der Waals surface area contributed by atoms with Crippen LogP contribution in [0.4, 0.5) is 11.4 Å². The number of hydrazone groups is 1. The fraction of sp³-hybridized carbons (Fsp3) is 0. The Morgan fingerprint density at radius 1 is 0.844 bits per heavy atom. The molecule has 3 aromatic rings. The van der Waals surface area contributed by atoms with E-state index >= 15 is 0 Å². The maximum Gasteiger partial charge on any atom is 0.344 e. The summed E-state index contributed by atoms with van der Waals surface area (Å²) in [5, 5.41) is 25.9. The van der Waals surface area contributed by atoms with E-state index in [0.717, 1.165) is 18.2 Å². The minimum absolute atomic E-state index is 0.0318. The van der Waals surface area contributed by atoms with Crippen LogP contribution >= 0.6 is 0 Å². The van der Waals surface area contributed by atoms with Crippen molar-refractivity contribution < 1.29 is 24.2 Å². The lowest BCUT2D eigenvalue weighted by molar-refractivity contribution is -0.394. The third-order valence-corrected chi connectivity index (χ3v) is 4.09. The molecule has 0 aliphatic heterocycles. The monoisotopic (exact) mass is 434 g/mol. The van der Waals surface area contributed by atoms with Crippen LogP contribution in [0.3, 0.4) is 0 Å². The highest BCUT2D eigenvalue weighted by Crippen LogP contribution is 2.24. The Balaban J connectivity index is 1.79. The second kappa shape index (κ2) is 9.71. The van der Waals surface area contributed by atoms with E-state index in [4.69, 9.17) is 4.74 Å². The average molecular weight is 434 g/mol. The molecule has 0 aromatic heterocycles. The first-order valence-electron chi connectivity index (χ1n) is 8.98. The zero-order chi connectivity index (χ0) is 23.1. The summed E-state index contributed by atoms with van der Waals surface area (Å²) in [5.74, 6) is -1.45. The molecule has 0 fully saturated rings. The van der Waals surface area contributed by atoms with Gasteiger partial charge in [-0.2, -0.15) is 5.10 Å². The van der Waals surface area contributed by atoms with Crippen LogP contribution in [0, 0.1) is 20.2 Å². The zero-order valence-corrected chi connectivity index (χ0v) is 16.2. The van der Waals surface area contributed by atoms with Crippen LogP contribution in [0.5, 0.6) is 5.75 Å². The predicted molar refractivity (Wildman–Crippen MR) is 113 cm³/mol. The van der Waals surface area contributed by atoms with Crippen molar-refractivity contribution in [2.75, 3.05) is 0 Å². The van der Waals surface area contributed by atoms with Crippen LogP contribution in [-0.4, -0.2) is 27.9 Å². The number of ether oxygens (including phenoxy) is 1. The fourth-order valence-electron chi connectivity index (χ4n) is 2.58. The Labute approximate surface area is 180 Å². The van der Waals surface area contributed by atoms with Gasteiger partial charge in [0, 0.05) is 23.3 Å². The van der Waals surface area contributed by atoms with Gasteiger partial charge in [0.15, 0.2) is 0 Å². The average Bonchev–Trinajstić information content (AvgIpc) is 2.80. The molecule has 160 valence electrons. The number of carbonyl (C=O) groups is 2. The van der Waals surface area contributed by atoms with Crippen molar-refractivity contribution in [1.29, 1.82) is 0 Å². The smallest absolute Gasteiger partial charge is 0.344 e. The van der Waals surface area contributed by atoms with Gasteiger partial charge >= 0.3 is 5.97 Å². The molecule has 3 rings (SSSR count). The summed E-state index contributed by atoms with van der Waals surface area (Å²) in [5.41, 5.74) is 1.45. The van der Waals surface area contributed by atoms with E-state index in [1.54, 1.807) is 48.5 Å². The van der Waals surface area contributed by atoms with Crippen LogP contribution in [0.1, 0.15) is 26.3 Å². The Kier molecular flexibility index (Phi) is 6.61. The topological polar surface area (TPSA) is 154 Å². The summed E-state index contributed by atoms with van der Waals surface area (Å²) in [6, 6.07) is 17.1. The SMILES string of the molecule is O=C(N/N=C/c1ccccc1OC(=O)c1cc([N+](=O)[O-])cc([N+](=O)[O-])c1)c1ccccc1. The first kappa shape index (κ1) is 21.8. The van der Waals surface area contributed by atoms with Crippen LogP contribution < -0.4 is 10.2 Å².